The summed E-state index contributed by atoms with van der Waals surface area (Å²) < 4.78 is 0. The second-order valence-corrected chi connectivity index (χ2v) is 5.27. The predicted octanol–water partition coefficient (Wildman–Crippen LogP) is 2.34. The Hall–Kier alpha value is -0.180. The first-order valence-corrected chi connectivity index (χ1v) is 6.00. The summed E-state index contributed by atoms with van der Waals surface area (Å²) in [7, 11) is 0. The average molecular weight is 202 g/mol. The third-order valence-electron chi connectivity index (χ3n) is 3.04. The number of thioether (sulfide) groups is 1. The van der Waals surface area contributed by atoms with Crippen LogP contribution in [-0.4, -0.2) is 22.6 Å². The molecule has 2 nitrogen and oxygen atoms in total. The van der Waals surface area contributed by atoms with Crippen LogP contribution in [0.5, 0.6) is 0 Å². The van der Waals surface area contributed by atoms with Gasteiger partial charge < -0.3 is 5.11 Å². The number of rotatable bonds is 2. The third kappa shape index (κ3) is 2.39. The molecule has 1 saturated heterocycles. The van der Waals surface area contributed by atoms with Crippen molar-refractivity contribution in [2.24, 2.45) is 23.7 Å². The van der Waals surface area contributed by atoms with E-state index in [0.717, 1.165) is 11.5 Å². The molecule has 13 heavy (non-hydrogen) atoms. The van der Waals surface area contributed by atoms with Gasteiger partial charge in [0.05, 0.1) is 5.92 Å². The van der Waals surface area contributed by atoms with Crippen LogP contribution in [-0.2, 0) is 4.79 Å². The minimum atomic E-state index is -0.643. The van der Waals surface area contributed by atoms with Gasteiger partial charge in [0.25, 0.3) is 0 Å². The molecule has 3 unspecified atom stereocenters. The van der Waals surface area contributed by atoms with Crippen molar-refractivity contribution in [2.75, 3.05) is 11.5 Å². The van der Waals surface area contributed by atoms with Crippen LogP contribution in [0.1, 0.15) is 20.8 Å². The first-order chi connectivity index (χ1) is 6.04. The molecule has 0 bridgehead atoms. The van der Waals surface area contributed by atoms with Gasteiger partial charge in [-0.25, -0.2) is 0 Å². The number of hydrogen-bond acceptors (Lipinski definition) is 2. The standard InChI is InChI=1S/C10H18O2S/c1-6-4-13-5-7(2)9(6)8(3)10(11)12/h6-9H,4-5H2,1-3H3,(H,11,12). The van der Waals surface area contributed by atoms with E-state index >= 15 is 0 Å². The molecule has 0 saturated carbocycles. The van der Waals surface area contributed by atoms with E-state index in [-0.39, 0.29) is 5.92 Å². The maximum absolute atomic E-state index is 10.9. The van der Waals surface area contributed by atoms with E-state index in [1.54, 1.807) is 0 Å². The number of carboxylic acid groups (broad SMARTS) is 1. The zero-order chi connectivity index (χ0) is 10.0. The second-order valence-electron chi connectivity index (χ2n) is 4.20. The van der Waals surface area contributed by atoms with Gasteiger partial charge in [0.1, 0.15) is 0 Å². The molecule has 0 amide bonds. The van der Waals surface area contributed by atoms with Gasteiger partial charge in [0.2, 0.25) is 0 Å². The minimum absolute atomic E-state index is 0.189. The maximum atomic E-state index is 10.9. The van der Waals surface area contributed by atoms with E-state index < -0.39 is 5.97 Å². The molecule has 76 valence electrons. The minimum Gasteiger partial charge on any atom is -0.481 e. The number of aliphatic carboxylic acids is 1. The molecule has 1 aliphatic rings. The molecule has 1 rings (SSSR count). The van der Waals surface area contributed by atoms with Crippen LogP contribution in [0.4, 0.5) is 0 Å². The van der Waals surface area contributed by atoms with E-state index in [9.17, 15) is 4.79 Å². The molecule has 0 aromatic rings. The van der Waals surface area contributed by atoms with Crippen LogP contribution in [0.25, 0.3) is 0 Å². The molecule has 0 aromatic carbocycles. The van der Waals surface area contributed by atoms with Crippen LogP contribution < -0.4 is 0 Å². The molecule has 0 spiro atoms. The Morgan fingerprint density at radius 3 is 2.23 bits per heavy atom. The van der Waals surface area contributed by atoms with Gasteiger partial charge in [-0.2, -0.15) is 11.8 Å². The summed E-state index contributed by atoms with van der Waals surface area (Å²) in [6, 6.07) is 0. The molecule has 0 radical (unpaired) electrons. The van der Waals surface area contributed by atoms with Crippen molar-refractivity contribution in [3.63, 3.8) is 0 Å². The largest absolute Gasteiger partial charge is 0.481 e. The predicted molar refractivity (Wildman–Crippen MR) is 55.9 cm³/mol. The summed E-state index contributed by atoms with van der Waals surface area (Å²) in [5, 5.41) is 8.96. The molecule has 3 heteroatoms. The van der Waals surface area contributed by atoms with E-state index in [1.165, 1.54) is 0 Å². The fraction of sp³-hybridized carbons (Fsp3) is 0.900. The highest BCUT2D eigenvalue weighted by molar-refractivity contribution is 7.99. The van der Waals surface area contributed by atoms with Crippen molar-refractivity contribution in [2.45, 2.75) is 20.8 Å². The van der Waals surface area contributed by atoms with Gasteiger partial charge in [-0.1, -0.05) is 20.8 Å². The van der Waals surface area contributed by atoms with Gasteiger partial charge in [-0.05, 0) is 29.3 Å². The molecule has 3 atom stereocenters. The zero-order valence-electron chi connectivity index (χ0n) is 8.49. The average Bonchev–Trinajstić information content (AvgIpc) is 2.03. The summed E-state index contributed by atoms with van der Waals surface area (Å²) in [6.07, 6.45) is 0. The summed E-state index contributed by atoms with van der Waals surface area (Å²) in [5.74, 6) is 2.85. The van der Waals surface area contributed by atoms with Crippen LogP contribution in [0.2, 0.25) is 0 Å². The highest BCUT2D eigenvalue weighted by Gasteiger charge is 2.35. The lowest BCUT2D eigenvalue weighted by Gasteiger charge is -2.36. The second kappa shape index (κ2) is 4.36. The summed E-state index contributed by atoms with van der Waals surface area (Å²) in [4.78, 5) is 10.9. The topological polar surface area (TPSA) is 37.3 Å². The number of carbonyl (C=O) groups is 1. The Bertz CT molecular complexity index is 183. The Kier molecular flexibility index (Phi) is 3.65. The van der Waals surface area contributed by atoms with Gasteiger partial charge in [-0.3, -0.25) is 4.79 Å². The normalized spacial score (nSPS) is 37.0. The monoisotopic (exact) mass is 202 g/mol. The van der Waals surface area contributed by atoms with E-state index in [4.69, 9.17) is 5.11 Å². The molecular weight excluding hydrogens is 184 g/mol. The first-order valence-electron chi connectivity index (χ1n) is 4.84. The molecule has 0 aromatic heterocycles. The zero-order valence-corrected chi connectivity index (χ0v) is 9.30. The van der Waals surface area contributed by atoms with Crippen molar-refractivity contribution in [1.29, 1.82) is 0 Å². The van der Waals surface area contributed by atoms with E-state index in [0.29, 0.717) is 17.8 Å². The molecule has 1 fully saturated rings. The lowest BCUT2D eigenvalue weighted by Crippen LogP contribution is -2.36. The lowest BCUT2D eigenvalue weighted by atomic mass is 9.76. The van der Waals surface area contributed by atoms with Crippen molar-refractivity contribution < 1.29 is 9.90 Å². The van der Waals surface area contributed by atoms with Gasteiger partial charge in [-0.15, -0.1) is 0 Å². The molecule has 1 N–H and O–H groups in total. The smallest absolute Gasteiger partial charge is 0.306 e. The highest BCUT2D eigenvalue weighted by atomic mass is 32.2. The molecule has 0 aliphatic carbocycles. The van der Waals surface area contributed by atoms with Gasteiger partial charge in [0.15, 0.2) is 0 Å². The fourth-order valence-corrected chi connectivity index (χ4v) is 3.70. The Balaban J connectivity index is 2.67. The molecular formula is C10H18O2S. The summed E-state index contributed by atoms with van der Waals surface area (Å²) in [6.45, 7) is 6.19. The molecule has 1 aliphatic heterocycles. The summed E-state index contributed by atoms with van der Waals surface area (Å²) in [5.41, 5.74) is 0. The Labute approximate surface area is 84.1 Å². The van der Waals surface area contributed by atoms with Crippen LogP contribution in [0, 0.1) is 23.7 Å². The van der Waals surface area contributed by atoms with Crippen molar-refractivity contribution in [3.05, 3.63) is 0 Å². The van der Waals surface area contributed by atoms with E-state index in [2.05, 4.69) is 13.8 Å². The van der Waals surface area contributed by atoms with Crippen molar-refractivity contribution >= 4 is 17.7 Å². The van der Waals surface area contributed by atoms with Gasteiger partial charge in [0, 0.05) is 0 Å². The third-order valence-corrected chi connectivity index (χ3v) is 4.57. The van der Waals surface area contributed by atoms with Gasteiger partial charge >= 0.3 is 5.97 Å². The van der Waals surface area contributed by atoms with Crippen LogP contribution in [0.15, 0.2) is 0 Å². The quantitative estimate of drug-likeness (QED) is 0.747. The van der Waals surface area contributed by atoms with Crippen LogP contribution >= 0.6 is 11.8 Å². The number of hydrogen-bond donors (Lipinski definition) is 1. The SMILES string of the molecule is CC1CSCC(C)C1C(C)C(=O)O. The molecule has 1 heterocycles. The van der Waals surface area contributed by atoms with Crippen molar-refractivity contribution in [3.8, 4) is 0 Å². The van der Waals surface area contributed by atoms with Crippen molar-refractivity contribution in [1.82, 2.24) is 0 Å². The summed E-state index contributed by atoms with van der Waals surface area (Å²) >= 11 is 1.95. The number of carboxylic acids is 1. The lowest BCUT2D eigenvalue weighted by molar-refractivity contribution is -0.144. The Morgan fingerprint density at radius 2 is 1.85 bits per heavy atom. The highest BCUT2D eigenvalue weighted by Crippen LogP contribution is 2.37. The van der Waals surface area contributed by atoms with E-state index in [1.807, 2.05) is 18.7 Å². The van der Waals surface area contributed by atoms with Crippen LogP contribution in [0.3, 0.4) is 0 Å². The maximum Gasteiger partial charge on any atom is 0.306 e. The fourth-order valence-electron chi connectivity index (χ4n) is 2.37. The first kappa shape index (κ1) is 10.9. The Morgan fingerprint density at radius 1 is 1.38 bits per heavy atom.